The second kappa shape index (κ2) is 10.1. The van der Waals surface area contributed by atoms with Crippen molar-refractivity contribution in [3.8, 4) is 16.9 Å². The van der Waals surface area contributed by atoms with Gasteiger partial charge in [-0.05, 0) is 83.4 Å². The van der Waals surface area contributed by atoms with Crippen LogP contribution in [0.15, 0.2) is 66.7 Å². The van der Waals surface area contributed by atoms with Crippen LogP contribution in [-0.4, -0.2) is 40.1 Å². The van der Waals surface area contributed by atoms with Gasteiger partial charge in [0.1, 0.15) is 11.8 Å². The molecule has 1 unspecified atom stereocenters. The van der Waals surface area contributed by atoms with E-state index >= 15 is 0 Å². The maximum Gasteiger partial charge on any atom is 0.326 e. The highest BCUT2D eigenvalue weighted by Gasteiger charge is 2.38. The Hall–Kier alpha value is -3.91. The minimum atomic E-state index is -0.983. The molecule has 3 aromatic carbocycles. The maximum atomic E-state index is 12.8. The molecule has 4 rings (SSSR count). The van der Waals surface area contributed by atoms with Crippen molar-refractivity contribution in [1.29, 1.82) is 0 Å². The van der Waals surface area contributed by atoms with Crippen LogP contribution in [0.1, 0.15) is 29.8 Å². The zero-order valence-corrected chi connectivity index (χ0v) is 20.6. The fraction of sp³-hybridized carbons (Fsp3) is 0.222. The molecule has 3 aromatic rings. The summed E-state index contributed by atoms with van der Waals surface area (Å²) in [5, 5.41) is 16.4. The van der Waals surface area contributed by atoms with Crippen LogP contribution in [-0.2, 0) is 11.3 Å². The lowest BCUT2D eigenvalue weighted by Gasteiger charge is -2.27. The number of methoxy groups -OCH3 is 1. The molecule has 0 aromatic heterocycles. The summed E-state index contributed by atoms with van der Waals surface area (Å²) in [6.07, 6.45) is 0. The summed E-state index contributed by atoms with van der Waals surface area (Å²) in [7, 11) is 1.62. The van der Waals surface area contributed by atoms with Crippen LogP contribution < -0.4 is 15.4 Å². The number of amides is 1. The van der Waals surface area contributed by atoms with Crippen molar-refractivity contribution in [3.05, 3.63) is 77.9 Å². The summed E-state index contributed by atoms with van der Waals surface area (Å²) in [4.78, 5) is 26.0. The minimum Gasteiger partial charge on any atom is -0.497 e. The van der Waals surface area contributed by atoms with Gasteiger partial charge < -0.3 is 25.4 Å². The Morgan fingerprint density at radius 1 is 0.971 bits per heavy atom. The minimum absolute atomic E-state index is 0.185. The third-order valence-electron chi connectivity index (χ3n) is 5.98. The highest BCUT2D eigenvalue weighted by Crippen LogP contribution is 2.31. The van der Waals surface area contributed by atoms with Gasteiger partial charge in [-0.25, -0.2) is 4.79 Å². The monoisotopic (exact) mass is 489 g/mol. The third kappa shape index (κ3) is 5.27. The summed E-state index contributed by atoms with van der Waals surface area (Å²) >= 11 is 5.41. The Kier molecular flexibility index (Phi) is 7.02. The van der Waals surface area contributed by atoms with Crippen LogP contribution in [0.2, 0.25) is 0 Å². The number of hydrogen-bond acceptors (Lipinski definition) is 4. The number of rotatable bonds is 7. The number of aliphatic carboxylic acids is 1. The number of nitrogens with zero attached hydrogens (tertiary/aromatic N) is 1. The predicted octanol–water partition coefficient (Wildman–Crippen LogP) is 5.24. The van der Waals surface area contributed by atoms with Gasteiger partial charge in [-0.15, -0.1) is 0 Å². The number of benzene rings is 3. The zero-order chi connectivity index (χ0) is 25.1. The van der Waals surface area contributed by atoms with E-state index < -0.39 is 12.0 Å². The van der Waals surface area contributed by atoms with Crippen LogP contribution in [0, 0.1) is 5.92 Å². The fourth-order valence-corrected chi connectivity index (χ4v) is 4.48. The maximum absolute atomic E-state index is 12.8. The molecule has 7 nitrogen and oxygen atoms in total. The highest BCUT2D eigenvalue weighted by atomic mass is 32.1. The standard InChI is InChI=1S/C27H27N3O4S/c1-16(2)24(26(32)33)30-15-19-14-18(6-13-23(19)25(30)31)17-4-7-20(8-5-17)28-27(35)29-21-9-11-22(34-3)12-10-21/h4-14,16,24H,15H2,1-3H3,(H,32,33)(H2,28,29,35). The number of carboxylic acid groups (broad SMARTS) is 1. The molecule has 1 aliphatic rings. The number of nitrogens with one attached hydrogen (secondary N) is 2. The van der Waals surface area contributed by atoms with Crippen LogP contribution in [0.3, 0.4) is 0 Å². The summed E-state index contributed by atoms with van der Waals surface area (Å²) in [6, 6.07) is 20.1. The molecule has 3 N–H and O–H groups in total. The summed E-state index contributed by atoms with van der Waals surface area (Å²) < 4.78 is 5.16. The lowest BCUT2D eigenvalue weighted by Crippen LogP contribution is -2.44. The molecule has 0 fully saturated rings. The molecular weight excluding hydrogens is 462 g/mol. The SMILES string of the molecule is COc1ccc(NC(=S)Nc2ccc(-c3ccc4c(c3)CN(C(C(=O)O)C(C)C)C4=O)cc2)cc1. The molecule has 1 atom stereocenters. The van der Waals surface area contributed by atoms with E-state index in [1.165, 1.54) is 4.90 Å². The summed E-state index contributed by atoms with van der Waals surface area (Å²) in [6.45, 7) is 3.92. The number of ether oxygens (including phenoxy) is 1. The smallest absolute Gasteiger partial charge is 0.326 e. The van der Waals surface area contributed by atoms with Crippen LogP contribution >= 0.6 is 12.2 Å². The Morgan fingerprint density at radius 2 is 1.54 bits per heavy atom. The van der Waals surface area contributed by atoms with Crippen LogP contribution in [0.25, 0.3) is 11.1 Å². The number of carbonyl (C=O) groups excluding carboxylic acids is 1. The van der Waals surface area contributed by atoms with Crippen molar-refractivity contribution < 1.29 is 19.4 Å². The normalized spacial score (nSPS) is 13.4. The van der Waals surface area contributed by atoms with E-state index in [0.717, 1.165) is 33.8 Å². The Labute approximate surface area is 209 Å². The quantitative estimate of drug-likeness (QED) is 0.391. The van der Waals surface area contributed by atoms with Gasteiger partial charge in [0.2, 0.25) is 0 Å². The van der Waals surface area contributed by atoms with Crippen molar-refractivity contribution in [2.75, 3.05) is 17.7 Å². The van der Waals surface area contributed by atoms with Gasteiger partial charge in [-0.2, -0.15) is 0 Å². The molecule has 0 bridgehead atoms. The molecule has 0 radical (unpaired) electrons. The first-order valence-corrected chi connectivity index (χ1v) is 11.7. The van der Waals surface area contributed by atoms with Gasteiger partial charge in [0.15, 0.2) is 5.11 Å². The number of carboxylic acids is 1. The van der Waals surface area contributed by atoms with E-state index in [-0.39, 0.29) is 11.8 Å². The molecular formula is C27H27N3O4S. The van der Waals surface area contributed by atoms with Gasteiger partial charge in [-0.3, -0.25) is 4.79 Å². The van der Waals surface area contributed by atoms with Gasteiger partial charge in [0.05, 0.1) is 7.11 Å². The van der Waals surface area contributed by atoms with Gasteiger partial charge >= 0.3 is 5.97 Å². The average Bonchev–Trinajstić information content (AvgIpc) is 3.14. The summed E-state index contributed by atoms with van der Waals surface area (Å²) in [5.74, 6) is -0.625. The Morgan fingerprint density at radius 3 is 2.09 bits per heavy atom. The average molecular weight is 490 g/mol. The van der Waals surface area contributed by atoms with E-state index in [1.807, 2.05) is 74.5 Å². The van der Waals surface area contributed by atoms with E-state index in [1.54, 1.807) is 13.2 Å². The molecule has 1 heterocycles. The number of fused-ring (bicyclic) bond motifs is 1. The largest absolute Gasteiger partial charge is 0.497 e. The molecule has 180 valence electrons. The number of thiocarbonyl (C=S) groups is 1. The van der Waals surface area contributed by atoms with Crippen molar-refractivity contribution in [2.24, 2.45) is 5.92 Å². The Bertz CT molecular complexity index is 1260. The second-order valence-corrected chi connectivity index (χ2v) is 9.13. The number of hydrogen-bond donors (Lipinski definition) is 3. The molecule has 0 spiro atoms. The number of anilines is 2. The molecule has 1 amide bonds. The van der Waals surface area contributed by atoms with Crippen LogP contribution in [0.5, 0.6) is 5.75 Å². The highest BCUT2D eigenvalue weighted by molar-refractivity contribution is 7.80. The van der Waals surface area contributed by atoms with E-state index in [2.05, 4.69) is 10.6 Å². The lowest BCUT2D eigenvalue weighted by molar-refractivity contribution is -0.144. The first-order valence-electron chi connectivity index (χ1n) is 11.3. The number of carbonyl (C=O) groups is 2. The Balaban J connectivity index is 1.44. The van der Waals surface area contributed by atoms with Gasteiger partial charge in [0.25, 0.3) is 5.91 Å². The van der Waals surface area contributed by atoms with E-state index in [9.17, 15) is 14.7 Å². The third-order valence-corrected chi connectivity index (χ3v) is 6.19. The van der Waals surface area contributed by atoms with Crippen molar-refractivity contribution in [2.45, 2.75) is 26.4 Å². The first-order chi connectivity index (χ1) is 16.8. The molecule has 0 saturated heterocycles. The van der Waals surface area contributed by atoms with Crippen molar-refractivity contribution >= 4 is 40.6 Å². The first kappa shape index (κ1) is 24.2. The second-order valence-electron chi connectivity index (χ2n) is 8.72. The van der Waals surface area contributed by atoms with Crippen LogP contribution in [0.4, 0.5) is 11.4 Å². The molecule has 0 aliphatic carbocycles. The van der Waals surface area contributed by atoms with E-state index in [4.69, 9.17) is 17.0 Å². The zero-order valence-electron chi connectivity index (χ0n) is 19.7. The lowest BCUT2D eigenvalue weighted by atomic mass is 10.0. The van der Waals surface area contributed by atoms with Crippen molar-refractivity contribution in [3.63, 3.8) is 0 Å². The molecule has 35 heavy (non-hydrogen) atoms. The fourth-order valence-electron chi connectivity index (χ4n) is 4.24. The van der Waals surface area contributed by atoms with Gasteiger partial charge in [-0.1, -0.05) is 32.0 Å². The van der Waals surface area contributed by atoms with Crippen molar-refractivity contribution in [1.82, 2.24) is 4.90 Å². The van der Waals surface area contributed by atoms with Gasteiger partial charge in [0, 0.05) is 23.5 Å². The predicted molar refractivity (Wildman–Crippen MR) is 141 cm³/mol. The molecule has 1 aliphatic heterocycles. The molecule has 0 saturated carbocycles. The summed E-state index contributed by atoms with van der Waals surface area (Å²) in [5.41, 5.74) is 5.03. The molecule has 8 heteroatoms. The van der Waals surface area contributed by atoms with E-state index in [0.29, 0.717) is 17.2 Å². The topological polar surface area (TPSA) is 90.9 Å².